The highest BCUT2D eigenvalue weighted by Crippen LogP contribution is 2.61. The molecule has 3 aromatic carbocycles. The van der Waals surface area contributed by atoms with Crippen LogP contribution in [0.1, 0.15) is 73.0 Å². The van der Waals surface area contributed by atoms with Gasteiger partial charge in [0.2, 0.25) is 6.79 Å². The normalized spacial score (nSPS) is 31.0. The summed E-state index contributed by atoms with van der Waals surface area (Å²) in [6.45, 7) is 8.54. The van der Waals surface area contributed by atoms with Crippen LogP contribution in [0, 0.1) is 27.7 Å². The first-order chi connectivity index (χ1) is 23.6. The summed E-state index contributed by atoms with van der Waals surface area (Å²) < 4.78 is 24.3. The van der Waals surface area contributed by atoms with Crippen LogP contribution >= 0.6 is 11.8 Å². The van der Waals surface area contributed by atoms with E-state index in [4.69, 9.17) is 18.9 Å². The maximum absolute atomic E-state index is 14.5. The average Bonchev–Trinajstić information content (AvgIpc) is 3.57. The molecule has 7 heterocycles. The fraction of sp³-hybridized carbons (Fsp3) is 0.486. The molecule has 0 amide bonds. The maximum atomic E-state index is 14.5. The van der Waals surface area contributed by atoms with Gasteiger partial charge in [0.25, 0.3) is 0 Å². The number of thioether (sulfide) groups is 1. The second-order valence-electron chi connectivity index (χ2n) is 14.3. The number of piperazine rings is 1. The molecular formula is C37H41N3O8S. The predicted octanol–water partition coefficient (Wildman–Crippen LogP) is 3.75. The van der Waals surface area contributed by atoms with Gasteiger partial charge in [-0.25, -0.2) is 4.79 Å². The van der Waals surface area contributed by atoms with Crippen LogP contribution in [0.25, 0.3) is 0 Å². The van der Waals surface area contributed by atoms with Crippen molar-refractivity contribution in [1.29, 1.82) is 0 Å². The van der Waals surface area contributed by atoms with E-state index in [-0.39, 0.29) is 54.2 Å². The Kier molecular flexibility index (Phi) is 6.97. The third kappa shape index (κ3) is 4.15. The monoisotopic (exact) mass is 687 g/mol. The van der Waals surface area contributed by atoms with E-state index in [1.807, 2.05) is 26.8 Å². The summed E-state index contributed by atoms with van der Waals surface area (Å²) in [4.78, 5) is 16.6. The van der Waals surface area contributed by atoms with Crippen LogP contribution in [0.3, 0.4) is 0 Å². The number of phenolic OH excluding ortho intramolecular Hbond substituents is 2. The summed E-state index contributed by atoms with van der Waals surface area (Å²) in [5, 5.41) is 41.7. The Morgan fingerprint density at radius 3 is 2.57 bits per heavy atom. The van der Waals surface area contributed by atoms with Crippen molar-refractivity contribution in [2.24, 2.45) is 0 Å². The first-order valence-electron chi connectivity index (χ1n) is 17.0. The van der Waals surface area contributed by atoms with Crippen LogP contribution in [-0.2, 0) is 27.9 Å². The zero-order valence-corrected chi connectivity index (χ0v) is 29.0. The van der Waals surface area contributed by atoms with Gasteiger partial charge in [0.05, 0.1) is 25.2 Å². The Balaban J connectivity index is 1.28. The minimum absolute atomic E-state index is 0.0274. The molecule has 1 unspecified atom stereocenters. The number of nitrogens with one attached hydrogen (secondary N) is 2. The maximum Gasteiger partial charge on any atom is 0.331 e. The van der Waals surface area contributed by atoms with Gasteiger partial charge in [-0.2, -0.15) is 0 Å². The van der Waals surface area contributed by atoms with E-state index in [2.05, 4.69) is 28.5 Å². The number of carbonyl (C=O) groups is 1. The lowest BCUT2D eigenvalue weighted by Crippen LogP contribution is -2.70. The molecule has 3 aromatic rings. The van der Waals surface area contributed by atoms with Crippen molar-refractivity contribution in [1.82, 2.24) is 15.5 Å². The molecule has 7 aliphatic heterocycles. The number of esters is 1. The molecule has 11 nitrogen and oxygen atoms in total. The largest absolute Gasteiger partial charge is 0.508 e. The van der Waals surface area contributed by atoms with Gasteiger partial charge < -0.3 is 39.6 Å². The van der Waals surface area contributed by atoms with Crippen molar-refractivity contribution in [3.05, 3.63) is 73.8 Å². The van der Waals surface area contributed by atoms with E-state index >= 15 is 0 Å². The van der Waals surface area contributed by atoms with Crippen LogP contribution in [0.4, 0.5) is 0 Å². The van der Waals surface area contributed by atoms with Crippen molar-refractivity contribution in [2.45, 2.75) is 81.7 Å². The number of rotatable bonds is 1. The summed E-state index contributed by atoms with van der Waals surface area (Å²) in [5.74, 6) is 2.04. The molecule has 0 saturated carbocycles. The summed E-state index contributed by atoms with van der Waals surface area (Å²) in [5.41, 5.74) is 7.91. The van der Waals surface area contributed by atoms with Gasteiger partial charge >= 0.3 is 5.97 Å². The van der Waals surface area contributed by atoms with Crippen LogP contribution in [-0.4, -0.2) is 77.3 Å². The Bertz CT molecular complexity index is 1950. The number of ether oxygens (including phenoxy) is 4. The lowest BCUT2D eigenvalue weighted by atomic mass is 9.73. The fourth-order valence-electron chi connectivity index (χ4n) is 9.52. The summed E-state index contributed by atoms with van der Waals surface area (Å²) >= 11 is 1.65. The Hall–Kier alpha value is -3.68. The highest BCUT2D eigenvalue weighted by atomic mass is 32.2. The van der Waals surface area contributed by atoms with Gasteiger partial charge in [0.15, 0.2) is 28.5 Å². The highest BCUT2D eigenvalue weighted by molar-refractivity contribution is 7.99. The van der Waals surface area contributed by atoms with Gasteiger partial charge in [0, 0.05) is 34.7 Å². The molecule has 12 heteroatoms. The van der Waals surface area contributed by atoms with Gasteiger partial charge in [-0.3, -0.25) is 10.2 Å². The Morgan fingerprint density at radius 2 is 1.78 bits per heavy atom. The number of aromatic hydroxyl groups is 2. The van der Waals surface area contributed by atoms with E-state index in [0.717, 1.165) is 50.1 Å². The summed E-state index contributed by atoms with van der Waals surface area (Å²) in [7, 11) is 1.57. The van der Waals surface area contributed by atoms with Crippen molar-refractivity contribution >= 4 is 17.7 Å². The number of aryl methyl sites for hydroxylation is 2. The van der Waals surface area contributed by atoms with Crippen molar-refractivity contribution < 1.29 is 39.1 Å². The number of methoxy groups -OCH3 is 1. The molecule has 0 radical (unpaired) electrons. The summed E-state index contributed by atoms with van der Waals surface area (Å²) in [6, 6.07) is 4.14. The van der Waals surface area contributed by atoms with Crippen molar-refractivity contribution in [2.75, 3.05) is 32.8 Å². The Labute approximate surface area is 288 Å². The average molecular weight is 688 g/mol. The molecule has 2 fully saturated rings. The number of nitrogens with zero attached hydrogens (tertiary/aromatic N) is 1. The van der Waals surface area contributed by atoms with E-state index < -0.39 is 17.8 Å². The number of aliphatic hydroxyl groups excluding tert-OH is 1. The van der Waals surface area contributed by atoms with Gasteiger partial charge in [-0.15, -0.1) is 11.8 Å². The molecule has 258 valence electrons. The molecule has 5 N–H and O–H groups in total. The molecule has 1 spiro atoms. The van der Waals surface area contributed by atoms with Gasteiger partial charge in [-0.1, -0.05) is 6.07 Å². The molecule has 2 saturated heterocycles. The standard InChI is InChI=1S/C37H41N3O8S/c1-15-9-21-19(11-24(15)41)6-7-38-37(21)13-49-34-25-17(3)18(4)32-33(48-14-47-32)27(25)23(12-46-36(37)44)40-29(34)28-26-20(10-22(39-28)35(40)43)8-16(2)31(45-5)30(26)42/h8-9,11,22-23,28-29,34-35,38-39,41-43H,6-7,10,12-14H2,1-5H3/t22-,23-,28+,29?,34+,35-,37+/m0/s1. The molecule has 4 bridgehead atoms. The third-order valence-electron chi connectivity index (χ3n) is 11.9. The quantitative estimate of drug-likeness (QED) is 0.238. The fourth-order valence-corrected chi connectivity index (χ4v) is 11.3. The SMILES string of the molecule is COc1c(C)cc2c(c1O)[C@H]1N[C@@H](C2)[C@H](O)N2C1[C@@H]1SC[C@]3(NCCc4cc(O)c(C)cc43)C(=O)OC[C@H]2c2c3c(c(C)c(C)c21)OCO3. The highest BCUT2D eigenvalue weighted by Gasteiger charge is 2.59. The van der Waals surface area contributed by atoms with Crippen LogP contribution in [0.15, 0.2) is 18.2 Å². The number of hydrogen-bond acceptors (Lipinski definition) is 12. The van der Waals surface area contributed by atoms with Crippen LogP contribution < -0.4 is 24.8 Å². The lowest BCUT2D eigenvalue weighted by Gasteiger charge is -2.59. The van der Waals surface area contributed by atoms with Crippen molar-refractivity contribution in [3.63, 3.8) is 0 Å². The topological polar surface area (TPSA) is 142 Å². The zero-order valence-electron chi connectivity index (χ0n) is 28.2. The van der Waals surface area contributed by atoms with E-state index in [1.54, 1.807) is 24.9 Å². The van der Waals surface area contributed by atoms with Gasteiger partial charge in [0.1, 0.15) is 18.6 Å². The zero-order chi connectivity index (χ0) is 34.1. The second kappa shape index (κ2) is 10.9. The van der Waals surface area contributed by atoms with E-state index in [9.17, 15) is 20.1 Å². The minimum Gasteiger partial charge on any atom is -0.508 e. The number of phenols is 2. The summed E-state index contributed by atoms with van der Waals surface area (Å²) in [6.07, 6.45) is 0.255. The van der Waals surface area contributed by atoms with E-state index in [0.29, 0.717) is 48.0 Å². The number of hydrogen-bond donors (Lipinski definition) is 5. The molecule has 10 rings (SSSR count). The number of fused-ring (bicyclic) bond motifs is 9. The smallest absolute Gasteiger partial charge is 0.331 e. The van der Waals surface area contributed by atoms with Crippen LogP contribution in [0.5, 0.6) is 28.7 Å². The van der Waals surface area contributed by atoms with Crippen LogP contribution in [0.2, 0.25) is 0 Å². The van der Waals surface area contributed by atoms with E-state index in [1.165, 1.54) is 0 Å². The lowest BCUT2D eigenvalue weighted by molar-refractivity contribution is -0.164. The number of carbonyl (C=O) groups excluding carboxylic acids is 1. The molecule has 7 atom stereocenters. The van der Waals surface area contributed by atoms with Crippen molar-refractivity contribution in [3.8, 4) is 28.7 Å². The molecule has 7 aliphatic rings. The van der Waals surface area contributed by atoms with Gasteiger partial charge in [-0.05, 0) is 97.2 Å². The third-order valence-corrected chi connectivity index (χ3v) is 13.4. The molecule has 0 aromatic heterocycles. The molecular weight excluding hydrogens is 646 g/mol. The second-order valence-corrected chi connectivity index (χ2v) is 15.5. The molecule has 49 heavy (non-hydrogen) atoms. The Morgan fingerprint density at radius 1 is 0.980 bits per heavy atom. The number of benzene rings is 3. The molecule has 0 aliphatic carbocycles. The minimum atomic E-state index is -1.16. The predicted molar refractivity (Wildman–Crippen MR) is 182 cm³/mol. The first kappa shape index (κ1) is 31.3. The number of aliphatic hydroxyl groups is 1. The first-order valence-corrected chi connectivity index (χ1v) is 18.0.